The van der Waals surface area contributed by atoms with Crippen LogP contribution in [0.1, 0.15) is 101 Å². The van der Waals surface area contributed by atoms with Crippen LogP contribution in [-0.4, -0.2) is 0 Å². The monoisotopic (exact) mass is 410 g/mol. The van der Waals surface area contributed by atoms with E-state index < -0.39 is 0 Å². The van der Waals surface area contributed by atoms with E-state index in [-0.39, 0.29) is 5.41 Å². The van der Waals surface area contributed by atoms with Gasteiger partial charge < -0.3 is 0 Å². The maximum atomic E-state index is 2.49. The van der Waals surface area contributed by atoms with E-state index in [2.05, 4.69) is 60.7 Å². The maximum absolute atomic E-state index is 2.49. The van der Waals surface area contributed by atoms with Crippen LogP contribution >= 0.6 is 0 Å². The molecule has 0 nitrogen and oxygen atoms in total. The van der Waals surface area contributed by atoms with Gasteiger partial charge in [0.2, 0.25) is 0 Å². The molecule has 0 saturated heterocycles. The molecule has 0 aliphatic heterocycles. The summed E-state index contributed by atoms with van der Waals surface area (Å²) in [7, 11) is 0. The lowest BCUT2D eigenvalue weighted by Gasteiger charge is -2.33. The van der Waals surface area contributed by atoms with Crippen LogP contribution in [0.15, 0.2) is 60.7 Å². The molecular weight excluding hydrogens is 372 g/mol. The Morgan fingerprint density at radius 1 is 0.452 bits per heavy atom. The molecule has 3 aromatic carbocycles. The van der Waals surface area contributed by atoms with E-state index in [1.165, 1.54) is 112 Å². The molecule has 3 aromatic rings. The van der Waals surface area contributed by atoms with Crippen molar-refractivity contribution in [2.75, 3.05) is 0 Å². The highest BCUT2D eigenvalue weighted by Gasteiger charge is 2.42. The molecule has 1 spiro atoms. The predicted molar refractivity (Wildman–Crippen MR) is 135 cm³/mol. The molecule has 1 saturated carbocycles. The molecule has 0 N–H and O–H groups in total. The molecule has 0 amide bonds. The van der Waals surface area contributed by atoms with Gasteiger partial charge in [-0.05, 0) is 45.9 Å². The van der Waals surface area contributed by atoms with Crippen molar-refractivity contribution in [2.24, 2.45) is 0 Å². The second-order valence-corrected chi connectivity index (χ2v) is 10.1. The van der Waals surface area contributed by atoms with Gasteiger partial charge in [0.25, 0.3) is 0 Å². The normalized spacial score (nSPS) is 20.0. The highest BCUT2D eigenvalue weighted by molar-refractivity contribution is 6.02. The zero-order chi connectivity index (χ0) is 20.9. The third-order valence-corrected chi connectivity index (χ3v) is 8.11. The third kappa shape index (κ3) is 4.07. The first-order valence-electron chi connectivity index (χ1n) is 13.0. The largest absolute Gasteiger partial charge is 0.0619 e. The van der Waals surface area contributed by atoms with Crippen LogP contribution in [0.3, 0.4) is 0 Å². The molecular formula is C31H38. The molecule has 2 aliphatic rings. The van der Waals surface area contributed by atoms with Gasteiger partial charge in [-0.3, -0.25) is 0 Å². The van der Waals surface area contributed by atoms with Gasteiger partial charge in [-0.25, -0.2) is 0 Å². The Kier molecular flexibility index (Phi) is 6.44. The second-order valence-electron chi connectivity index (χ2n) is 10.1. The van der Waals surface area contributed by atoms with Gasteiger partial charge in [0.1, 0.15) is 0 Å². The number of hydrogen-bond donors (Lipinski definition) is 0. The van der Waals surface area contributed by atoms with Gasteiger partial charge in [-0.1, -0.05) is 138 Å². The van der Waals surface area contributed by atoms with Crippen LogP contribution in [-0.2, 0) is 5.41 Å². The predicted octanol–water partition coefficient (Wildman–Crippen LogP) is 9.58. The van der Waals surface area contributed by atoms with E-state index in [0.29, 0.717) is 0 Å². The van der Waals surface area contributed by atoms with Gasteiger partial charge in [-0.2, -0.15) is 0 Å². The van der Waals surface area contributed by atoms with E-state index in [1.54, 1.807) is 11.1 Å². The average molecular weight is 411 g/mol. The lowest BCUT2D eigenvalue weighted by molar-refractivity contribution is 0.400. The second kappa shape index (κ2) is 9.60. The first-order chi connectivity index (χ1) is 15.4. The molecule has 5 rings (SSSR count). The van der Waals surface area contributed by atoms with Crippen LogP contribution in [0.5, 0.6) is 0 Å². The van der Waals surface area contributed by atoms with Gasteiger partial charge in [0.05, 0.1) is 0 Å². The number of fused-ring (bicyclic) bond motifs is 7. The lowest BCUT2D eigenvalue weighted by atomic mass is 9.70. The fourth-order valence-electron chi connectivity index (χ4n) is 6.51. The van der Waals surface area contributed by atoms with Crippen molar-refractivity contribution < 1.29 is 0 Å². The molecule has 0 radical (unpaired) electrons. The molecule has 2 aliphatic carbocycles. The molecule has 0 aromatic heterocycles. The van der Waals surface area contributed by atoms with Crippen LogP contribution < -0.4 is 0 Å². The van der Waals surface area contributed by atoms with E-state index in [1.807, 2.05) is 0 Å². The van der Waals surface area contributed by atoms with Crippen molar-refractivity contribution in [3.63, 3.8) is 0 Å². The average Bonchev–Trinajstić information content (AvgIpc) is 3.09. The Morgan fingerprint density at radius 3 is 1.68 bits per heavy atom. The lowest BCUT2D eigenvalue weighted by Crippen LogP contribution is -2.25. The van der Waals surface area contributed by atoms with Crippen LogP contribution in [0, 0.1) is 0 Å². The van der Waals surface area contributed by atoms with Gasteiger partial charge >= 0.3 is 0 Å². The summed E-state index contributed by atoms with van der Waals surface area (Å²) in [6, 6.07) is 23.3. The number of hydrogen-bond acceptors (Lipinski definition) is 0. The summed E-state index contributed by atoms with van der Waals surface area (Å²) < 4.78 is 0. The zero-order valence-corrected chi connectivity index (χ0v) is 19.2. The highest BCUT2D eigenvalue weighted by atomic mass is 14.4. The van der Waals surface area contributed by atoms with Crippen LogP contribution in [0.2, 0.25) is 0 Å². The fourth-order valence-corrected chi connectivity index (χ4v) is 6.51. The summed E-state index contributed by atoms with van der Waals surface area (Å²) in [5, 5.41) is 2.82. The van der Waals surface area contributed by atoms with Gasteiger partial charge in [0.15, 0.2) is 0 Å². The first kappa shape index (κ1) is 20.8. The van der Waals surface area contributed by atoms with Crippen molar-refractivity contribution in [3.8, 4) is 11.1 Å². The van der Waals surface area contributed by atoms with E-state index in [0.717, 1.165) is 0 Å². The zero-order valence-electron chi connectivity index (χ0n) is 19.2. The summed E-state index contributed by atoms with van der Waals surface area (Å²) in [4.78, 5) is 0. The Hall–Kier alpha value is -2.08. The number of rotatable bonds is 0. The quantitative estimate of drug-likeness (QED) is 0.346. The third-order valence-electron chi connectivity index (χ3n) is 8.11. The Morgan fingerprint density at radius 2 is 1.00 bits per heavy atom. The SMILES string of the molecule is c1ccc2c(c1)-c1c(ccc3ccccc13)C21CCCCCCCCCCCCCC1. The van der Waals surface area contributed by atoms with Gasteiger partial charge in [0, 0.05) is 5.41 Å². The van der Waals surface area contributed by atoms with Crippen LogP contribution in [0.25, 0.3) is 21.9 Å². The van der Waals surface area contributed by atoms with E-state index >= 15 is 0 Å². The summed E-state index contributed by atoms with van der Waals surface area (Å²) in [5.74, 6) is 0. The molecule has 31 heavy (non-hydrogen) atoms. The molecule has 0 heterocycles. The van der Waals surface area contributed by atoms with Crippen molar-refractivity contribution in [2.45, 2.75) is 95.3 Å². The molecule has 1 fully saturated rings. The standard InChI is InChI=1S/C31H38/c1-2-4-6-8-10-16-24-31(23-15-9-7-5-3-1)28-20-14-13-19-27(28)30-26-18-12-11-17-25(26)21-22-29(30)31/h11-14,17-22H,1-10,15-16,23-24H2. The summed E-state index contributed by atoms with van der Waals surface area (Å²) in [6.45, 7) is 0. The van der Waals surface area contributed by atoms with E-state index in [9.17, 15) is 0 Å². The fraction of sp³-hybridized carbons (Fsp3) is 0.484. The van der Waals surface area contributed by atoms with Crippen molar-refractivity contribution >= 4 is 10.8 Å². The molecule has 0 unspecified atom stereocenters. The smallest absolute Gasteiger partial charge is 0.0215 e. The minimum Gasteiger partial charge on any atom is -0.0619 e. The maximum Gasteiger partial charge on any atom is 0.0215 e. The Balaban J connectivity index is 1.55. The Bertz CT molecular complexity index is 995. The molecule has 0 atom stereocenters. The summed E-state index contributed by atoms with van der Waals surface area (Å²) in [5.41, 5.74) is 6.50. The number of benzene rings is 3. The topological polar surface area (TPSA) is 0 Å². The van der Waals surface area contributed by atoms with Crippen molar-refractivity contribution in [1.29, 1.82) is 0 Å². The minimum absolute atomic E-state index is 0.218. The summed E-state index contributed by atoms with van der Waals surface area (Å²) in [6.07, 6.45) is 19.7. The minimum atomic E-state index is 0.218. The van der Waals surface area contributed by atoms with E-state index in [4.69, 9.17) is 0 Å². The molecule has 0 bridgehead atoms. The van der Waals surface area contributed by atoms with Gasteiger partial charge in [-0.15, -0.1) is 0 Å². The van der Waals surface area contributed by atoms with Crippen molar-refractivity contribution in [3.05, 3.63) is 71.8 Å². The molecule has 0 heteroatoms. The Labute approximate surface area is 189 Å². The highest BCUT2D eigenvalue weighted by Crippen LogP contribution is 2.56. The van der Waals surface area contributed by atoms with Crippen molar-refractivity contribution in [1.82, 2.24) is 0 Å². The first-order valence-corrected chi connectivity index (χ1v) is 13.0. The molecule has 162 valence electrons. The van der Waals surface area contributed by atoms with Crippen LogP contribution in [0.4, 0.5) is 0 Å². The summed E-state index contributed by atoms with van der Waals surface area (Å²) >= 11 is 0.